The summed E-state index contributed by atoms with van der Waals surface area (Å²) >= 11 is 0. The predicted octanol–water partition coefficient (Wildman–Crippen LogP) is 2.00. The van der Waals surface area contributed by atoms with Crippen molar-refractivity contribution in [2.24, 2.45) is 0 Å². The summed E-state index contributed by atoms with van der Waals surface area (Å²) in [5.41, 5.74) is 0.727. The molecule has 0 saturated carbocycles. The standard InChI is InChI=1S/C14H17FO6Si/c1-10(16)19-22(20-11(2)17,21-12(3)18)9-8-13-4-6-14(15)7-5-13/h4-7H,8-9H2,1-3H3. The molecule has 0 unspecified atom stereocenters. The van der Waals surface area contributed by atoms with Crippen molar-refractivity contribution in [2.75, 3.05) is 0 Å². The summed E-state index contributed by atoms with van der Waals surface area (Å²) in [6.45, 7) is 3.39. The summed E-state index contributed by atoms with van der Waals surface area (Å²) in [5.74, 6) is -2.53. The molecule has 0 aromatic heterocycles. The average molecular weight is 328 g/mol. The molecule has 1 rings (SSSR count). The number of benzene rings is 1. The number of hydrogen-bond acceptors (Lipinski definition) is 6. The van der Waals surface area contributed by atoms with Crippen LogP contribution in [0.2, 0.25) is 6.04 Å². The van der Waals surface area contributed by atoms with E-state index in [1.54, 1.807) is 12.1 Å². The fraction of sp³-hybridized carbons (Fsp3) is 0.357. The van der Waals surface area contributed by atoms with Crippen molar-refractivity contribution in [1.82, 2.24) is 0 Å². The summed E-state index contributed by atoms with van der Waals surface area (Å²) in [6.07, 6.45) is 0.292. The van der Waals surface area contributed by atoms with Crippen molar-refractivity contribution in [3.05, 3.63) is 35.6 Å². The molecule has 0 spiro atoms. The highest BCUT2D eigenvalue weighted by atomic mass is 28.4. The van der Waals surface area contributed by atoms with Crippen molar-refractivity contribution in [3.8, 4) is 0 Å². The zero-order valence-electron chi connectivity index (χ0n) is 12.6. The van der Waals surface area contributed by atoms with E-state index >= 15 is 0 Å². The Bertz CT molecular complexity index is 516. The van der Waals surface area contributed by atoms with E-state index in [2.05, 4.69) is 0 Å². The molecule has 0 fully saturated rings. The number of carbonyl (C=O) groups excluding carboxylic acids is 3. The van der Waals surface area contributed by atoms with E-state index < -0.39 is 26.7 Å². The number of rotatable bonds is 6. The maximum atomic E-state index is 12.9. The van der Waals surface area contributed by atoms with Gasteiger partial charge in [0.15, 0.2) is 0 Å². The molecule has 0 bridgehead atoms. The van der Waals surface area contributed by atoms with Gasteiger partial charge in [0.2, 0.25) is 0 Å². The van der Waals surface area contributed by atoms with Crippen LogP contribution >= 0.6 is 0 Å². The first kappa shape index (κ1) is 17.8. The van der Waals surface area contributed by atoms with Gasteiger partial charge >= 0.3 is 8.80 Å². The van der Waals surface area contributed by atoms with Gasteiger partial charge in [-0.05, 0) is 24.1 Å². The Kier molecular flexibility index (Phi) is 6.23. The highest BCUT2D eigenvalue weighted by Gasteiger charge is 2.51. The van der Waals surface area contributed by atoms with Crippen LogP contribution in [0.25, 0.3) is 0 Å². The molecule has 0 aliphatic carbocycles. The zero-order valence-corrected chi connectivity index (χ0v) is 13.6. The Morgan fingerprint density at radius 2 is 1.32 bits per heavy atom. The van der Waals surface area contributed by atoms with Crippen molar-refractivity contribution in [2.45, 2.75) is 33.2 Å². The molecule has 0 aliphatic rings. The lowest BCUT2D eigenvalue weighted by Crippen LogP contribution is -2.49. The summed E-state index contributed by atoms with van der Waals surface area (Å²) < 4.78 is 28.0. The van der Waals surface area contributed by atoms with Gasteiger partial charge in [-0.25, -0.2) is 4.39 Å². The minimum Gasteiger partial charge on any atom is -0.455 e. The fourth-order valence-electron chi connectivity index (χ4n) is 1.82. The number of halogens is 1. The highest BCUT2D eigenvalue weighted by molar-refractivity contribution is 6.65. The first-order chi connectivity index (χ1) is 10.2. The van der Waals surface area contributed by atoms with E-state index in [9.17, 15) is 18.8 Å². The van der Waals surface area contributed by atoms with Crippen LogP contribution in [-0.4, -0.2) is 26.7 Å². The number of hydrogen-bond donors (Lipinski definition) is 0. The van der Waals surface area contributed by atoms with Crippen LogP contribution in [-0.2, 0) is 34.1 Å². The Morgan fingerprint density at radius 1 is 0.909 bits per heavy atom. The van der Waals surface area contributed by atoms with Crippen LogP contribution in [0.4, 0.5) is 4.39 Å². The van der Waals surface area contributed by atoms with Crippen molar-refractivity contribution in [3.63, 3.8) is 0 Å². The van der Waals surface area contributed by atoms with Gasteiger partial charge in [0.1, 0.15) is 5.82 Å². The molecule has 0 saturated heterocycles. The Labute approximate surface area is 128 Å². The summed E-state index contributed by atoms with van der Waals surface area (Å²) in [5, 5.41) is 0. The monoisotopic (exact) mass is 328 g/mol. The van der Waals surface area contributed by atoms with Crippen LogP contribution < -0.4 is 0 Å². The van der Waals surface area contributed by atoms with Gasteiger partial charge in [-0.2, -0.15) is 0 Å². The van der Waals surface area contributed by atoms with Crippen molar-refractivity contribution in [1.29, 1.82) is 0 Å². The molecule has 1 aromatic rings. The first-order valence-corrected chi connectivity index (χ1v) is 8.49. The summed E-state index contributed by atoms with van der Waals surface area (Å²) in [6, 6.07) is 5.68. The Balaban J connectivity index is 2.94. The normalized spacial score (nSPS) is 10.7. The van der Waals surface area contributed by atoms with E-state index in [0.29, 0.717) is 6.42 Å². The van der Waals surface area contributed by atoms with Crippen LogP contribution in [0.3, 0.4) is 0 Å². The lowest BCUT2D eigenvalue weighted by atomic mass is 10.2. The van der Waals surface area contributed by atoms with Crippen molar-refractivity contribution < 1.29 is 32.1 Å². The molecule has 0 amide bonds. The molecule has 0 radical (unpaired) electrons. The molecular weight excluding hydrogens is 311 g/mol. The molecule has 6 nitrogen and oxygen atoms in total. The quantitative estimate of drug-likeness (QED) is 0.743. The average Bonchev–Trinajstić information content (AvgIpc) is 2.35. The largest absolute Gasteiger partial charge is 0.705 e. The fourth-order valence-corrected chi connectivity index (χ4v) is 4.16. The van der Waals surface area contributed by atoms with Gasteiger partial charge in [0.05, 0.1) is 6.04 Å². The van der Waals surface area contributed by atoms with Crippen LogP contribution in [0.5, 0.6) is 0 Å². The van der Waals surface area contributed by atoms with Gasteiger partial charge < -0.3 is 13.3 Å². The van der Waals surface area contributed by atoms with E-state index in [4.69, 9.17) is 13.3 Å². The van der Waals surface area contributed by atoms with Gasteiger partial charge in [-0.1, -0.05) is 12.1 Å². The number of aryl methyl sites for hydroxylation is 1. The molecule has 22 heavy (non-hydrogen) atoms. The Hall–Kier alpha value is -2.22. The van der Waals surface area contributed by atoms with E-state index in [1.807, 2.05) is 0 Å². The molecular formula is C14H17FO6Si. The minimum atomic E-state index is -3.82. The number of carbonyl (C=O) groups is 3. The third kappa shape index (κ3) is 6.04. The lowest BCUT2D eigenvalue weighted by Gasteiger charge is -2.26. The van der Waals surface area contributed by atoms with Gasteiger partial charge in [-0.15, -0.1) is 0 Å². The zero-order chi connectivity index (χ0) is 16.8. The summed E-state index contributed by atoms with van der Waals surface area (Å²) in [4.78, 5) is 33.8. The second-order valence-corrected chi connectivity index (χ2v) is 7.07. The molecule has 0 aliphatic heterocycles. The van der Waals surface area contributed by atoms with Crippen LogP contribution in [0.15, 0.2) is 24.3 Å². The molecule has 0 atom stereocenters. The third-order valence-corrected chi connectivity index (χ3v) is 5.19. The second-order valence-electron chi connectivity index (χ2n) is 4.59. The van der Waals surface area contributed by atoms with Gasteiger partial charge in [-0.3, -0.25) is 14.4 Å². The van der Waals surface area contributed by atoms with Crippen LogP contribution in [0, 0.1) is 5.82 Å². The highest BCUT2D eigenvalue weighted by Crippen LogP contribution is 2.20. The minimum absolute atomic E-state index is 0.0252. The van der Waals surface area contributed by atoms with Crippen LogP contribution in [0.1, 0.15) is 26.3 Å². The van der Waals surface area contributed by atoms with E-state index in [0.717, 1.165) is 26.3 Å². The topological polar surface area (TPSA) is 78.9 Å². The first-order valence-electron chi connectivity index (χ1n) is 6.55. The molecule has 0 heterocycles. The van der Waals surface area contributed by atoms with Gasteiger partial charge in [0.25, 0.3) is 17.9 Å². The lowest BCUT2D eigenvalue weighted by molar-refractivity contribution is -0.147. The smallest absolute Gasteiger partial charge is 0.455 e. The second kappa shape index (κ2) is 7.69. The molecule has 1 aromatic carbocycles. The molecule has 8 heteroatoms. The SMILES string of the molecule is CC(=O)O[Si](CCc1ccc(F)cc1)(OC(C)=O)OC(C)=O. The predicted molar refractivity (Wildman–Crippen MR) is 76.0 cm³/mol. The van der Waals surface area contributed by atoms with Gasteiger partial charge in [0, 0.05) is 20.8 Å². The maximum absolute atomic E-state index is 12.9. The summed E-state index contributed by atoms with van der Waals surface area (Å²) in [7, 11) is -3.82. The Morgan fingerprint density at radius 3 is 1.68 bits per heavy atom. The van der Waals surface area contributed by atoms with Crippen molar-refractivity contribution >= 4 is 26.7 Å². The molecule has 0 N–H and O–H groups in total. The molecule has 120 valence electrons. The van der Waals surface area contributed by atoms with E-state index in [-0.39, 0.29) is 11.9 Å². The van der Waals surface area contributed by atoms with E-state index in [1.165, 1.54) is 12.1 Å². The maximum Gasteiger partial charge on any atom is 0.705 e. The third-order valence-electron chi connectivity index (χ3n) is 2.53.